The fourth-order valence-corrected chi connectivity index (χ4v) is 2.79. The molecule has 0 saturated carbocycles. The van der Waals surface area contributed by atoms with E-state index in [1.165, 1.54) is 0 Å². The molecule has 1 rings (SSSR count). The van der Waals surface area contributed by atoms with Crippen LogP contribution in [0.15, 0.2) is 12.1 Å². The Bertz CT molecular complexity index is 353. The van der Waals surface area contributed by atoms with Crippen LogP contribution in [0.1, 0.15) is 18.4 Å². The predicted molar refractivity (Wildman–Crippen MR) is 69.6 cm³/mol. The monoisotopic (exact) mass is 418 g/mol. The first kappa shape index (κ1) is 12.0. The van der Waals surface area contributed by atoms with Crippen LogP contribution in [0.25, 0.3) is 0 Å². The summed E-state index contributed by atoms with van der Waals surface area (Å²) in [6, 6.07) is 3.38. The molecule has 0 spiro atoms. The van der Waals surface area contributed by atoms with Gasteiger partial charge >= 0.3 is 5.97 Å². The van der Waals surface area contributed by atoms with Gasteiger partial charge < -0.3 is 10.2 Å². The lowest BCUT2D eigenvalue weighted by Crippen LogP contribution is -2.07. The summed E-state index contributed by atoms with van der Waals surface area (Å²) in [5.74, 6) is -1.19. The number of carboxylic acids is 1. The summed E-state index contributed by atoms with van der Waals surface area (Å²) in [7, 11) is 0. The minimum Gasteiger partial charge on any atom is -0.506 e. The topological polar surface area (TPSA) is 57.5 Å². The smallest absolute Gasteiger partial charge is 0.310 e. The molecular formula is C9H8I2O3. The summed E-state index contributed by atoms with van der Waals surface area (Å²) in [6.07, 6.45) is 0. The molecule has 0 bridgehead atoms. The molecule has 0 amide bonds. The van der Waals surface area contributed by atoms with Crippen molar-refractivity contribution in [3.63, 3.8) is 0 Å². The number of aliphatic carboxylic acids is 1. The largest absolute Gasteiger partial charge is 0.506 e. The molecule has 0 fully saturated rings. The van der Waals surface area contributed by atoms with Gasteiger partial charge in [-0.1, -0.05) is 0 Å². The Balaban J connectivity index is 3.19. The van der Waals surface area contributed by atoms with Gasteiger partial charge in [0.2, 0.25) is 0 Å². The van der Waals surface area contributed by atoms with Gasteiger partial charge in [-0.3, -0.25) is 4.79 Å². The number of carboxylic acid groups (broad SMARTS) is 1. The van der Waals surface area contributed by atoms with Crippen LogP contribution < -0.4 is 0 Å². The number of rotatable bonds is 2. The molecule has 0 aliphatic carbocycles. The van der Waals surface area contributed by atoms with Gasteiger partial charge in [0.1, 0.15) is 5.75 Å². The second-order valence-electron chi connectivity index (χ2n) is 2.89. The van der Waals surface area contributed by atoms with E-state index in [1.54, 1.807) is 19.1 Å². The van der Waals surface area contributed by atoms with Gasteiger partial charge in [-0.2, -0.15) is 0 Å². The zero-order valence-electron chi connectivity index (χ0n) is 7.29. The highest BCUT2D eigenvalue weighted by molar-refractivity contribution is 14.1. The van der Waals surface area contributed by atoms with Crippen molar-refractivity contribution in [2.24, 2.45) is 0 Å². The van der Waals surface area contributed by atoms with Crippen LogP contribution >= 0.6 is 45.2 Å². The first-order valence-electron chi connectivity index (χ1n) is 3.84. The Morgan fingerprint density at radius 1 is 1.36 bits per heavy atom. The molecule has 0 aliphatic rings. The Labute approximate surface area is 109 Å². The Morgan fingerprint density at radius 2 is 1.79 bits per heavy atom. The fraction of sp³-hybridized carbons (Fsp3) is 0.222. The van der Waals surface area contributed by atoms with Crippen LogP contribution in [0.2, 0.25) is 0 Å². The number of aromatic hydroxyl groups is 1. The van der Waals surface area contributed by atoms with Gasteiger partial charge in [0.05, 0.1) is 13.1 Å². The normalized spacial score (nSPS) is 12.5. The molecule has 0 saturated heterocycles. The molecular weight excluding hydrogens is 410 g/mol. The average molecular weight is 418 g/mol. The van der Waals surface area contributed by atoms with Gasteiger partial charge in [0, 0.05) is 0 Å². The molecule has 1 aromatic rings. The zero-order chi connectivity index (χ0) is 10.9. The van der Waals surface area contributed by atoms with Crippen LogP contribution in [0.4, 0.5) is 0 Å². The first-order valence-corrected chi connectivity index (χ1v) is 6.00. The van der Waals surface area contributed by atoms with Crippen molar-refractivity contribution in [1.82, 2.24) is 0 Å². The molecule has 76 valence electrons. The molecule has 0 heterocycles. The van der Waals surface area contributed by atoms with E-state index in [1.807, 2.05) is 45.2 Å². The van der Waals surface area contributed by atoms with E-state index >= 15 is 0 Å². The van der Waals surface area contributed by atoms with E-state index in [0.717, 1.165) is 0 Å². The quantitative estimate of drug-likeness (QED) is 0.727. The van der Waals surface area contributed by atoms with Gasteiger partial charge in [-0.05, 0) is 69.8 Å². The van der Waals surface area contributed by atoms with Crippen molar-refractivity contribution in [2.75, 3.05) is 0 Å². The minimum absolute atomic E-state index is 0.215. The van der Waals surface area contributed by atoms with Crippen molar-refractivity contribution >= 4 is 51.2 Å². The standard InChI is InChI=1S/C9H8I2O3/c1-4(9(13)14)5-2-6(10)8(12)7(11)3-5/h2-4,12H,1H3,(H,13,14). The third kappa shape index (κ3) is 2.50. The number of phenols is 1. The van der Waals surface area contributed by atoms with E-state index in [-0.39, 0.29) is 5.75 Å². The fourth-order valence-electron chi connectivity index (χ4n) is 0.978. The predicted octanol–water partition coefficient (Wildman–Crippen LogP) is 2.79. The number of hydrogen-bond acceptors (Lipinski definition) is 2. The van der Waals surface area contributed by atoms with E-state index in [0.29, 0.717) is 12.7 Å². The molecule has 1 aromatic carbocycles. The first-order chi connectivity index (χ1) is 6.43. The van der Waals surface area contributed by atoms with E-state index < -0.39 is 11.9 Å². The number of phenolic OH excluding ortho intramolecular Hbond substituents is 1. The Morgan fingerprint density at radius 3 is 2.14 bits per heavy atom. The van der Waals surface area contributed by atoms with Crippen molar-refractivity contribution in [3.05, 3.63) is 24.8 Å². The maximum Gasteiger partial charge on any atom is 0.310 e. The molecule has 0 aromatic heterocycles. The highest BCUT2D eigenvalue weighted by atomic mass is 127. The van der Waals surface area contributed by atoms with Crippen LogP contribution in [0, 0.1) is 7.14 Å². The average Bonchev–Trinajstić information content (AvgIpc) is 2.12. The molecule has 3 nitrogen and oxygen atoms in total. The molecule has 14 heavy (non-hydrogen) atoms. The number of halogens is 2. The maximum absolute atomic E-state index is 10.7. The van der Waals surface area contributed by atoms with Crippen LogP contribution in [-0.4, -0.2) is 16.2 Å². The van der Waals surface area contributed by atoms with Gasteiger partial charge in [0.15, 0.2) is 0 Å². The highest BCUT2D eigenvalue weighted by Crippen LogP contribution is 2.30. The summed E-state index contributed by atoms with van der Waals surface area (Å²) in [5.41, 5.74) is 0.712. The van der Waals surface area contributed by atoms with Crippen molar-refractivity contribution in [2.45, 2.75) is 12.8 Å². The lowest BCUT2D eigenvalue weighted by molar-refractivity contribution is -0.138. The van der Waals surface area contributed by atoms with Gasteiger partial charge in [0.25, 0.3) is 0 Å². The van der Waals surface area contributed by atoms with Crippen molar-refractivity contribution in [3.8, 4) is 5.75 Å². The van der Waals surface area contributed by atoms with E-state index in [2.05, 4.69) is 0 Å². The van der Waals surface area contributed by atoms with Gasteiger partial charge in [-0.15, -0.1) is 0 Å². The summed E-state index contributed by atoms with van der Waals surface area (Å²) in [4.78, 5) is 10.7. The summed E-state index contributed by atoms with van der Waals surface area (Å²) in [5, 5.41) is 18.3. The lowest BCUT2D eigenvalue weighted by atomic mass is 10.0. The summed E-state index contributed by atoms with van der Waals surface area (Å²) >= 11 is 3.97. The van der Waals surface area contributed by atoms with Crippen LogP contribution in [0.3, 0.4) is 0 Å². The lowest BCUT2D eigenvalue weighted by Gasteiger charge is -2.09. The molecule has 5 heteroatoms. The third-order valence-electron chi connectivity index (χ3n) is 1.91. The molecule has 2 N–H and O–H groups in total. The summed E-state index contributed by atoms with van der Waals surface area (Å²) in [6.45, 7) is 1.63. The van der Waals surface area contributed by atoms with Crippen LogP contribution in [-0.2, 0) is 4.79 Å². The number of hydrogen-bond donors (Lipinski definition) is 2. The van der Waals surface area contributed by atoms with Gasteiger partial charge in [-0.25, -0.2) is 0 Å². The van der Waals surface area contributed by atoms with Crippen molar-refractivity contribution in [1.29, 1.82) is 0 Å². The SMILES string of the molecule is CC(C(=O)O)c1cc(I)c(O)c(I)c1. The summed E-state index contributed by atoms with van der Waals surface area (Å²) < 4.78 is 1.36. The van der Waals surface area contributed by atoms with E-state index in [9.17, 15) is 9.90 Å². The second kappa shape index (κ2) is 4.65. The molecule has 1 atom stereocenters. The third-order valence-corrected chi connectivity index (χ3v) is 3.55. The van der Waals surface area contributed by atoms with Crippen LogP contribution in [0.5, 0.6) is 5.75 Å². The minimum atomic E-state index is -0.859. The zero-order valence-corrected chi connectivity index (χ0v) is 11.6. The number of carbonyl (C=O) groups is 1. The molecule has 0 aliphatic heterocycles. The number of benzene rings is 1. The maximum atomic E-state index is 10.7. The highest BCUT2D eigenvalue weighted by Gasteiger charge is 2.16. The van der Waals surface area contributed by atoms with Crippen molar-refractivity contribution < 1.29 is 15.0 Å². The van der Waals surface area contributed by atoms with E-state index in [4.69, 9.17) is 5.11 Å². The molecule has 0 radical (unpaired) electrons. The Hall–Kier alpha value is -0.0500. The second-order valence-corrected chi connectivity index (χ2v) is 5.22. The molecule has 1 unspecified atom stereocenters. The Kier molecular flexibility index (Phi) is 3.99.